The number of amides is 1. The fraction of sp³-hybridized carbons (Fsp3) is 0.946. The second-order valence-electron chi connectivity index (χ2n) is 20.8. The highest BCUT2D eigenvalue weighted by molar-refractivity contribution is 5.76. The van der Waals surface area contributed by atoms with Gasteiger partial charge in [0.05, 0.1) is 32.0 Å². The molecule has 0 aromatic rings. The van der Waals surface area contributed by atoms with Crippen LogP contribution in [0.4, 0.5) is 0 Å². The summed E-state index contributed by atoms with van der Waals surface area (Å²) in [4.78, 5) is 13.2. The highest BCUT2D eigenvalue weighted by Gasteiger charge is 2.51. The normalized spacial score (nSPS) is 26.0. The summed E-state index contributed by atoms with van der Waals surface area (Å²) in [6, 6.07) is -0.908. The Morgan fingerprint density at radius 1 is 0.500 bits per heavy atom. The Balaban J connectivity index is 1.74. The Morgan fingerprint density at radius 2 is 0.886 bits per heavy atom. The summed E-state index contributed by atoms with van der Waals surface area (Å²) in [5.74, 6) is -0.235. The molecule has 2 heterocycles. The van der Waals surface area contributed by atoms with E-state index in [1.807, 2.05) is 6.08 Å². The summed E-state index contributed by atoms with van der Waals surface area (Å²) in [5.41, 5.74) is 0. The molecular formula is C56H107NO13. The molecule has 0 spiro atoms. The minimum absolute atomic E-state index is 0.235. The van der Waals surface area contributed by atoms with E-state index < -0.39 is 86.8 Å². The average Bonchev–Trinajstić information content (AvgIpc) is 3.36. The van der Waals surface area contributed by atoms with Gasteiger partial charge in [-0.1, -0.05) is 231 Å². The number of carbonyl (C=O) groups is 1. The van der Waals surface area contributed by atoms with Gasteiger partial charge in [0, 0.05) is 6.42 Å². The first-order valence-electron chi connectivity index (χ1n) is 28.9. The summed E-state index contributed by atoms with van der Waals surface area (Å²) < 4.78 is 22.7. The van der Waals surface area contributed by atoms with Crippen LogP contribution in [0.1, 0.15) is 245 Å². The van der Waals surface area contributed by atoms with Crippen molar-refractivity contribution in [1.29, 1.82) is 0 Å². The number of rotatable bonds is 46. The average molecular weight is 1000 g/mol. The van der Waals surface area contributed by atoms with Crippen LogP contribution in [0.5, 0.6) is 0 Å². The zero-order chi connectivity index (χ0) is 51.0. The van der Waals surface area contributed by atoms with Crippen LogP contribution < -0.4 is 5.32 Å². The molecule has 2 aliphatic rings. The van der Waals surface area contributed by atoms with E-state index in [0.29, 0.717) is 6.42 Å². The van der Waals surface area contributed by atoms with Crippen LogP contribution in [0.3, 0.4) is 0 Å². The Bertz CT molecular complexity index is 1230. The molecule has 0 aromatic carbocycles. The van der Waals surface area contributed by atoms with Gasteiger partial charge < -0.3 is 65.1 Å². The van der Waals surface area contributed by atoms with Crippen molar-refractivity contribution >= 4 is 5.91 Å². The van der Waals surface area contributed by atoms with Crippen molar-refractivity contribution in [2.45, 2.75) is 319 Å². The Labute approximate surface area is 425 Å². The zero-order valence-corrected chi connectivity index (χ0v) is 44.3. The Hall–Kier alpha value is -1.27. The molecule has 9 N–H and O–H groups in total. The standard InChI is InChI=1S/C56H107NO13/c1-3-5-7-9-11-13-15-17-18-19-20-21-22-23-24-25-26-28-30-32-34-36-38-40-48(61)57-44(45(60)39-37-35-33-31-29-27-16-14-12-10-8-6-4-2)43-67-55-53(66)51(64)54(47(42-59)69-55)70-56-52(65)50(63)49(62)46(41-58)68-56/h37,39,44-47,49-56,58-60,62-66H,3-36,38,40-43H2,1-2H3,(H,57,61)/b39-37+/t44?,45?,46?,47-,49?,50?,51-,52?,53-,54-,55?,56?/m1/s1. The Kier molecular flexibility index (Phi) is 39.9. The van der Waals surface area contributed by atoms with Crippen LogP contribution in [0, 0.1) is 0 Å². The van der Waals surface area contributed by atoms with Crippen molar-refractivity contribution in [3.8, 4) is 0 Å². The number of nitrogens with one attached hydrogen (secondary N) is 1. The number of carbonyl (C=O) groups excluding carboxylic acids is 1. The Morgan fingerprint density at radius 3 is 1.31 bits per heavy atom. The number of aliphatic hydroxyl groups excluding tert-OH is 8. The van der Waals surface area contributed by atoms with Gasteiger partial charge in [-0.05, 0) is 19.3 Å². The number of hydrogen-bond donors (Lipinski definition) is 9. The fourth-order valence-electron chi connectivity index (χ4n) is 9.76. The van der Waals surface area contributed by atoms with Gasteiger partial charge in [0.15, 0.2) is 12.6 Å². The number of hydrogen-bond acceptors (Lipinski definition) is 13. The summed E-state index contributed by atoms with van der Waals surface area (Å²) >= 11 is 0. The molecule has 12 atom stereocenters. The summed E-state index contributed by atoms with van der Waals surface area (Å²) in [6.07, 6.45) is 31.1. The van der Waals surface area contributed by atoms with Gasteiger partial charge in [0.2, 0.25) is 5.91 Å². The molecular weight excluding hydrogens is 895 g/mol. The van der Waals surface area contributed by atoms with E-state index in [-0.39, 0.29) is 18.9 Å². The molecule has 14 nitrogen and oxygen atoms in total. The largest absolute Gasteiger partial charge is 0.394 e. The maximum Gasteiger partial charge on any atom is 0.220 e. The highest BCUT2D eigenvalue weighted by atomic mass is 16.7. The SMILES string of the molecule is CCCCCCCCCCCCC/C=C/C(O)C(COC1O[C@H](CO)[C@@H](OC2OC(CO)C(O)C(O)C2O)[C@H](O)[C@H]1O)NC(=O)CCCCCCCCCCCCCCCCCCCCCCCCC. The van der Waals surface area contributed by atoms with Crippen LogP contribution in [0.15, 0.2) is 12.2 Å². The molecule has 0 bridgehead atoms. The lowest BCUT2D eigenvalue weighted by Crippen LogP contribution is -2.65. The molecule has 0 aromatic heterocycles. The number of ether oxygens (including phenoxy) is 4. The minimum Gasteiger partial charge on any atom is -0.394 e. The molecule has 414 valence electrons. The molecule has 0 aliphatic carbocycles. The molecule has 2 rings (SSSR count). The van der Waals surface area contributed by atoms with Crippen molar-refractivity contribution in [3.63, 3.8) is 0 Å². The lowest BCUT2D eigenvalue weighted by Gasteiger charge is -2.46. The van der Waals surface area contributed by atoms with Crippen LogP contribution in [0.25, 0.3) is 0 Å². The van der Waals surface area contributed by atoms with E-state index >= 15 is 0 Å². The molecule has 2 aliphatic heterocycles. The summed E-state index contributed by atoms with van der Waals surface area (Å²) in [7, 11) is 0. The molecule has 0 radical (unpaired) electrons. The lowest BCUT2D eigenvalue weighted by atomic mass is 9.97. The van der Waals surface area contributed by atoms with E-state index in [1.165, 1.54) is 180 Å². The smallest absolute Gasteiger partial charge is 0.220 e. The highest BCUT2D eigenvalue weighted by Crippen LogP contribution is 2.30. The summed E-state index contributed by atoms with van der Waals surface area (Å²) in [6.45, 7) is 2.81. The number of aliphatic hydroxyl groups is 8. The van der Waals surface area contributed by atoms with Crippen molar-refractivity contribution < 1.29 is 64.6 Å². The third kappa shape index (κ3) is 29.0. The number of allylic oxidation sites excluding steroid dienone is 1. The van der Waals surface area contributed by atoms with Gasteiger partial charge in [-0.25, -0.2) is 0 Å². The van der Waals surface area contributed by atoms with Gasteiger partial charge >= 0.3 is 0 Å². The van der Waals surface area contributed by atoms with Gasteiger partial charge in [0.1, 0.15) is 48.8 Å². The molecule has 8 unspecified atom stereocenters. The van der Waals surface area contributed by atoms with E-state index in [0.717, 1.165) is 38.5 Å². The lowest BCUT2D eigenvalue weighted by molar-refractivity contribution is -0.359. The molecule has 2 saturated heterocycles. The minimum atomic E-state index is -1.78. The first-order valence-corrected chi connectivity index (χ1v) is 28.9. The molecule has 1 amide bonds. The van der Waals surface area contributed by atoms with E-state index in [2.05, 4.69) is 19.2 Å². The van der Waals surface area contributed by atoms with Crippen LogP contribution >= 0.6 is 0 Å². The van der Waals surface area contributed by atoms with Crippen molar-refractivity contribution in [1.82, 2.24) is 5.32 Å². The second-order valence-corrected chi connectivity index (χ2v) is 20.8. The molecule has 70 heavy (non-hydrogen) atoms. The third-order valence-corrected chi connectivity index (χ3v) is 14.5. The van der Waals surface area contributed by atoms with Crippen LogP contribution in [0.2, 0.25) is 0 Å². The van der Waals surface area contributed by atoms with E-state index in [1.54, 1.807) is 6.08 Å². The van der Waals surface area contributed by atoms with Crippen molar-refractivity contribution in [2.75, 3.05) is 19.8 Å². The van der Waals surface area contributed by atoms with Crippen molar-refractivity contribution in [3.05, 3.63) is 12.2 Å². The first kappa shape index (κ1) is 64.8. The molecule has 0 saturated carbocycles. The van der Waals surface area contributed by atoms with Crippen LogP contribution in [-0.4, -0.2) is 140 Å². The maximum atomic E-state index is 13.2. The van der Waals surface area contributed by atoms with Crippen LogP contribution in [-0.2, 0) is 23.7 Å². The topological polar surface area (TPSA) is 228 Å². The van der Waals surface area contributed by atoms with Crippen molar-refractivity contribution in [2.24, 2.45) is 0 Å². The third-order valence-electron chi connectivity index (χ3n) is 14.5. The first-order chi connectivity index (χ1) is 34.1. The predicted octanol–water partition coefficient (Wildman–Crippen LogP) is 9.11. The zero-order valence-electron chi connectivity index (χ0n) is 44.3. The van der Waals surface area contributed by atoms with Gasteiger partial charge in [0.25, 0.3) is 0 Å². The fourth-order valence-corrected chi connectivity index (χ4v) is 9.76. The summed E-state index contributed by atoms with van der Waals surface area (Å²) in [5, 5.41) is 86.9. The van der Waals surface area contributed by atoms with Gasteiger partial charge in [-0.2, -0.15) is 0 Å². The second kappa shape index (κ2) is 43.0. The monoisotopic (exact) mass is 1000 g/mol. The molecule has 14 heteroatoms. The van der Waals surface area contributed by atoms with Gasteiger partial charge in [-0.3, -0.25) is 4.79 Å². The quantitative estimate of drug-likeness (QED) is 0.0205. The molecule has 2 fully saturated rings. The van der Waals surface area contributed by atoms with E-state index in [4.69, 9.17) is 18.9 Å². The number of unbranched alkanes of at least 4 members (excludes halogenated alkanes) is 33. The van der Waals surface area contributed by atoms with E-state index in [9.17, 15) is 45.6 Å². The predicted molar refractivity (Wildman–Crippen MR) is 277 cm³/mol. The van der Waals surface area contributed by atoms with Gasteiger partial charge in [-0.15, -0.1) is 0 Å². The maximum absolute atomic E-state index is 13.2.